The van der Waals surface area contributed by atoms with Gasteiger partial charge in [-0.25, -0.2) is 4.79 Å². The Morgan fingerprint density at radius 2 is 1.59 bits per heavy atom. The standard InChI is InChI=1S/C28H23Cl2N3O6/c1-38-22-13-21(20(29)12-19(22)28(37)39-2)32-25(34)18-10-8-16(9-11-18)14-31-24-23(30)26(35)33(27(24)36)15-17-6-4-3-5-7-17/h3-13,31H,14-15H2,1-2H3,(H,32,34). The summed E-state index contributed by atoms with van der Waals surface area (Å²) in [5.74, 6) is -1.94. The zero-order chi connectivity index (χ0) is 28.1. The maximum Gasteiger partial charge on any atom is 0.341 e. The molecule has 200 valence electrons. The molecule has 3 aromatic rings. The van der Waals surface area contributed by atoms with E-state index in [2.05, 4.69) is 10.6 Å². The number of nitrogens with zero attached hydrogens (tertiary/aromatic N) is 1. The molecule has 0 aromatic heterocycles. The van der Waals surface area contributed by atoms with Crippen LogP contribution >= 0.6 is 23.2 Å². The minimum absolute atomic E-state index is 0.0263. The monoisotopic (exact) mass is 567 g/mol. The summed E-state index contributed by atoms with van der Waals surface area (Å²) in [5.41, 5.74) is 2.29. The summed E-state index contributed by atoms with van der Waals surface area (Å²) in [4.78, 5) is 51.1. The van der Waals surface area contributed by atoms with E-state index < -0.39 is 23.7 Å². The fourth-order valence-corrected chi connectivity index (χ4v) is 4.32. The zero-order valence-electron chi connectivity index (χ0n) is 20.9. The molecule has 0 unspecified atom stereocenters. The first-order valence-electron chi connectivity index (χ1n) is 11.6. The molecule has 0 radical (unpaired) electrons. The molecule has 39 heavy (non-hydrogen) atoms. The van der Waals surface area contributed by atoms with E-state index in [1.807, 2.05) is 30.3 Å². The summed E-state index contributed by atoms with van der Waals surface area (Å²) in [6.45, 7) is 0.314. The Morgan fingerprint density at radius 3 is 2.23 bits per heavy atom. The number of hydrogen-bond donors (Lipinski definition) is 2. The minimum atomic E-state index is -0.625. The van der Waals surface area contributed by atoms with Gasteiger partial charge in [0.1, 0.15) is 22.0 Å². The lowest BCUT2D eigenvalue weighted by molar-refractivity contribution is -0.138. The Kier molecular flexibility index (Phi) is 8.53. The number of imide groups is 1. The maximum absolute atomic E-state index is 12.8. The van der Waals surface area contributed by atoms with Crippen molar-refractivity contribution in [2.75, 3.05) is 19.5 Å². The van der Waals surface area contributed by atoms with Crippen molar-refractivity contribution >= 4 is 52.6 Å². The number of halogens is 2. The number of nitrogens with one attached hydrogen (secondary N) is 2. The van der Waals surface area contributed by atoms with Crippen molar-refractivity contribution in [2.24, 2.45) is 0 Å². The van der Waals surface area contributed by atoms with Crippen molar-refractivity contribution in [3.8, 4) is 5.75 Å². The van der Waals surface area contributed by atoms with Crippen molar-refractivity contribution in [1.29, 1.82) is 0 Å². The van der Waals surface area contributed by atoms with E-state index in [0.29, 0.717) is 5.56 Å². The minimum Gasteiger partial charge on any atom is -0.496 e. The molecule has 0 bridgehead atoms. The topological polar surface area (TPSA) is 114 Å². The number of carbonyl (C=O) groups is 4. The molecule has 9 nitrogen and oxygen atoms in total. The van der Waals surface area contributed by atoms with Crippen molar-refractivity contribution in [2.45, 2.75) is 13.1 Å². The zero-order valence-corrected chi connectivity index (χ0v) is 22.4. The molecule has 3 amide bonds. The van der Waals surface area contributed by atoms with E-state index in [0.717, 1.165) is 16.0 Å². The molecule has 1 aliphatic rings. The van der Waals surface area contributed by atoms with Gasteiger partial charge in [0, 0.05) is 18.2 Å². The summed E-state index contributed by atoms with van der Waals surface area (Å²) < 4.78 is 9.93. The molecule has 0 saturated heterocycles. The van der Waals surface area contributed by atoms with Gasteiger partial charge in [-0.3, -0.25) is 19.3 Å². The van der Waals surface area contributed by atoms with E-state index in [1.54, 1.807) is 24.3 Å². The van der Waals surface area contributed by atoms with Crippen LogP contribution in [0.3, 0.4) is 0 Å². The molecule has 2 N–H and O–H groups in total. The summed E-state index contributed by atoms with van der Waals surface area (Å²) in [5, 5.41) is 5.59. The highest BCUT2D eigenvalue weighted by atomic mass is 35.5. The highest BCUT2D eigenvalue weighted by molar-refractivity contribution is 6.47. The Hall–Kier alpha value is -4.34. The fraction of sp³-hybridized carbons (Fsp3) is 0.143. The number of esters is 1. The molecule has 11 heteroatoms. The molecule has 0 fully saturated rings. The molecular formula is C28H23Cl2N3O6. The summed E-state index contributed by atoms with van der Waals surface area (Å²) in [7, 11) is 2.62. The van der Waals surface area contributed by atoms with E-state index in [1.165, 1.54) is 26.4 Å². The first-order valence-corrected chi connectivity index (χ1v) is 12.4. The van der Waals surface area contributed by atoms with Crippen LogP contribution in [0, 0.1) is 0 Å². The van der Waals surface area contributed by atoms with Crippen LogP contribution in [0.15, 0.2) is 77.5 Å². The van der Waals surface area contributed by atoms with Gasteiger partial charge in [0.05, 0.1) is 31.5 Å². The molecule has 0 saturated carbocycles. The molecule has 0 atom stereocenters. The SMILES string of the molecule is COC(=O)c1cc(Cl)c(NC(=O)c2ccc(CNC3=C(Cl)C(=O)N(Cc4ccccc4)C3=O)cc2)cc1OC. The van der Waals surface area contributed by atoms with Gasteiger partial charge in [-0.2, -0.15) is 0 Å². The van der Waals surface area contributed by atoms with E-state index in [9.17, 15) is 19.2 Å². The largest absolute Gasteiger partial charge is 0.496 e. The van der Waals surface area contributed by atoms with E-state index >= 15 is 0 Å². The third-order valence-electron chi connectivity index (χ3n) is 5.92. The van der Waals surface area contributed by atoms with Crippen molar-refractivity contribution in [3.63, 3.8) is 0 Å². The number of ether oxygens (including phenoxy) is 2. The highest BCUT2D eigenvalue weighted by Crippen LogP contribution is 2.32. The van der Waals surface area contributed by atoms with Crippen LogP contribution in [-0.2, 0) is 27.4 Å². The van der Waals surface area contributed by atoms with Crippen LogP contribution in [0.2, 0.25) is 5.02 Å². The van der Waals surface area contributed by atoms with E-state index in [-0.39, 0.29) is 45.8 Å². The lowest BCUT2D eigenvalue weighted by Gasteiger charge is -2.15. The molecule has 4 rings (SSSR count). The molecule has 1 aliphatic heterocycles. The number of anilines is 1. The van der Waals surface area contributed by atoms with Gasteiger partial charge in [0.25, 0.3) is 17.7 Å². The van der Waals surface area contributed by atoms with Crippen molar-refractivity contribution < 1.29 is 28.7 Å². The third-order valence-corrected chi connectivity index (χ3v) is 6.59. The quantitative estimate of drug-likeness (QED) is 0.289. The predicted octanol–water partition coefficient (Wildman–Crippen LogP) is 4.50. The number of carbonyl (C=O) groups excluding carboxylic acids is 4. The smallest absolute Gasteiger partial charge is 0.341 e. The second kappa shape index (κ2) is 12.0. The molecule has 0 spiro atoms. The third kappa shape index (κ3) is 6.05. The van der Waals surface area contributed by atoms with Gasteiger partial charge >= 0.3 is 5.97 Å². The predicted molar refractivity (Wildman–Crippen MR) is 145 cm³/mol. The number of rotatable bonds is 9. The second-order valence-electron chi connectivity index (χ2n) is 8.40. The first-order chi connectivity index (χ1) is 18.7. The van der Waals surface area contributed by atoms with Crippen LogP contribution in [0.5, 0.6) is 5.75 Å². The van der Waals surface area contributed by atoms with Crippen LogP contribution < -0.4 is 15.4 Å². The highest BCUT2D eigenvalue weighted by Gasteiger charge is 2.37. The van der Waals surface area contributed by atoms with Gasteiger partial charge in [0.15, 0.2) is 0 Å². The normalized spacial score (nSPS) is 13.0. The summed E-state index contributed by atoms with van der Waals surface area (Å²) in [6.07, 6.45) is 0. The lowest BCUT2D eigenvalue weighted by atomic mass is 10.1. The summed E-state index contributed by atoms with van der Waals surface area (Å²) in [6, 6.07) is 18.5. The van der Waals surface area contributed by atoms with Crippen molar-refractivity contribution in [3.05, 3.63) is 105 Å². The molecule has 0 aliphatic carbocycles. The Morgan fingerprint density at radius 1 is 0.897 bits per heavy atom. The fourth-order valence-electron chi connectivity index (χ4n) is 3.86. The van der Waals surface area contributed by atoms with Gasteiger partial charge in [-0.15, -0.1) is 0 Å². The average Bonchev–Trinajstić information content (AvgIpc) is 3.15. The van der Waals surface area contributed by atoms with E-state index in [4.69, 9.17) is 32.7 Å². The number of methoxy groups -OCH3 is 2. The Bertz CT molecular complexity index is 1470. The molecular weight excluding hydrogens is 545 g/mol. The van der Waals surface area contributed by atoms with Crippen LogP contribution in [0.1, 0.15) is 31.8 Å². The summed E-state index contributed by atoms with van der Waals surface area (Å²) >= 11 is 12.4. The van der Waals surface area contributed by atoms with Crippen LogP contribution in [0.4, 0.5) is 5.69 Å². The maximum atomic E-state index is 12.8. The number of amides is 3. The average molecular weight is 568 g/mol. The second-order valence-corrected chi connectivity index (χ2v) is 9.18. The van der Waals surface area contributed by atoms with Gasteiger partial charge < -0.3 is 20.1 Å². The number of hydrogen-bond acceptors (Lipinski definition) is 7. The Labute approximate surface area is 234 Å². The molecule has 1 heterocycles. The number of benzene rings is 3. The van der Waals surface area contributed by atoms with Crippen LogP contribution in [-0.4, -0.2) is 42.8 Å². The lowest BCUT2D eigenvalue weighted by Crippen LogP contribution is -2.33. The Balaban J connectivity index is 1.39. The van der Waals surface area contributed by atoms with Crippen LogP contribution in [0.25, 0.3) is 0 Å². The van der Waals surface area contributed by atoms with Gasteiger partial charge in [-0.1, -0.05) is 65.7 Å². The van der Waals surface area contributed by atoms with Gasteiger partial charge in [0.2, 0.25) is 0 Å². The van der Waals surface area contributed by atoms with Gasteiger partial charge in [-0.05, 0) is 29.3 Å². The molecule has 3 aromatic carbocycles. The first kappa shape index (κ1) is 27.7. The van der Waals surface area contributed by atoms with Crippen molar-refractivity contribution in [1.82, 2.24) is 10.2 Å².